The SMILES string of the molecule is C[C@H](NCc1ccccc1)C1C(C)(C)C1(C)C. The standard InChI is InChI=1S/C16H25N/c1-12(14-15(2,3)16(14,4)5)17-11-13-9-7-6-8-10-13/h6-10,12,14,17H,11H2,1-5H3/t12-/m0/s1. The molecule has 1 heteroatoms. The first-order valence-electron chi connectivity index (χ1n) is 6.64. The summed E-state index contributed by atoms with van der Waals surface area (Å²) in [7, 11) is 0. The lowest BCUT2D eigenvalue weighted by molar-refractivity contribution is 0.423. The molecule has 1 N–H and O–H groups in total. The monoisotopic (exact) mass is 231 g/mol. The third-order valence-corrected chi connectivity index (χ3v) is 5.10. The Morgan fingerprint density at radius 3 is 2.06 bits per heavy atom. The molecule has 1 aromatic rings. The summed E-state index contributed by atoms with van der Waals surface area (Å²) in [6.45, 7) is 12.8. The van der Waals surface area contributed by atoms with Gasteiger partial charge in [-0.25, -0.2) is 0 Å². The first-order chi connectivity index (χ1) is 7.87. The second-order valence-corrected chi connectivity index (χ2v) is 6.58. The zero-order valence-corrected chi connectivity index (χ0v) is 11.7. The van der Waals surface area contributed by atoms with Crippen molar-refractivity contribution in [2.75, 3.05) is 0 Å². The van der Waals surface area contributed by atoms with Gasteiger partial charge < -0.3 is 5.32 Å². The summed E-state index contributed by atoms with van der Waals surface area (Å²) in [4.78, 5) is 0. The van der Waals surface area contributed by atoms with E-state index in [0.717, 1.165) is 12.5 Å². The van der Waals surface area contributed by atoms with E-state index in [-0.39, 0.29) is 0 Å². The molecule has 1 atom stereocenters. The van der Waals surface area contributed by atoms with Gasteiger partial charge in [0.1, 0.15) is 0 Å². The fraction of sp³-hybridized carbons (Fsp3) is 0.625. The first kappa shape index (κ1) is 12.6. The van der Waals surface area contributed by atoms with E-state index in [4.69, 9.17) is 0 Å². The van der Waals surface area contributed by atoms with Gasteiger partial charge in [0.05, 0.1) is 0 Å². The molecule has 1 fully saturated rings. The molecule has 0 amide bonds. The zero-order valence-electron chi connectivity index (χ0n) is 11.7. The maximum Gasteiger partial charge on any atom is 0.0208 e. The quantitative estimate of drug-likeness (QED) is 0.830. The van der Waals surface area contributed by atoms with Crippen molar-refractivity contribution in [3.05, 3.63) is 35.9 Å². The molecule has 0 saturated heterocycles. The van der Waals surface area contributed by atoms with E-state index in [2.05, 4.69) is 70.3 Å². The summed E-state index contributed by atoms with van der Waals surface area (Å²) in [6.07, 6.45) is 0. The maximum atomic E-state index is 3.67. The lowest BCUT2D eigenvalue weighted by Crippen LogP contribution is -2.29. The van der Waals surface area contributed by atoms with Crippen molar-refractivity contribution >= 4 is 0 Å². The van der Waals surface area contributed by atoms with Gasteiger partial charge in [0, 0.05) is 12.6 Å². The fourth-order valence-corrected chi connectivity index (χ4v) is 3.49. The molecule has 94 valence electrons. The molecule has 1 saturated carbocycles. The van der Waals surface area contributed by atoms with Crippen LogP contribution in [0.15, 0.2) is 30.3 Å². The molecular formula is C16H25N. The van der Waals surface area contributed by atoms with Crippen LogP contribution >= 0.6 is 0 Å². The van der Waals surface area contributed by atoms with Crippen LogP contribution in [-0.4, -0.2) is 6.04 Å². The Kier molecular flexibility index (Phi) is 3.07. The molecule has 1 aliphatic rings. The molecule has 1 aromatic carbocycles. The van der Waals surface area contributed by atoms with Gasteiger partial charge in [-0.15, -0.1) is 0 Å². The van der Waals surface area contributed by atoms with Crippen LogP contribution in [0.5, 0.6) is 0 Å². The van der Waals surface area contributed by atoms with Gasteiger partial charge in [0.25, 0.3) is 0 Å². The summed E-state index contributed by atoms with van der Waals surface area (Å²) < 4.78 is 0. The highest BCUT2D eigenvalue weighted by atomic mass is 15.0. The summed E-state index contributed by atoms with van der Waals surface area (Å²) in [5.41, 5.74) is 2.31. The summed E-state index contributed by atoms with van der Waals surface area (Å²) >= 11 is 0. The summed E-state index contributed by atoms with van der Waals surface area (Å²) in [5.74, 6) is 0.777. The van der Waals surface area contributed by atoms with Crippen molar-refractivity contribution in [3.63, 3.8) is 0 Å². The van der Waals surface area contributed by atoms with E-state index in [0.29, 0.717) is 16.9 Å². The molecule has 2 rings (SSSR count). The van der Waals surface area contributed by atoms with Crippen LogP contribution in [0.4, 0.5) is 0 Å². The molecule has 17 heavy (non-hydrogen) atoms. The van der Waals surface area contributed by atoms with Crippen LogP contribution in [0.2, 0.25) is 0 Å². The second kappa shape index (κ2) is 4.13. The molecule has 1 aliphatic carbocycles. The minimum absolute atomic E-state index is 0.468. The van der Waals surface area contributed by atoms with E-state index in [1.165, 1.54) is 5.56 Å². The minimum atomic E-state index is 0.468. The molecule has 0 unspecified atom stereocenters. The van der Waals surface area contributed by atoms with Crippen LogP contribution < -0.4 is 5.32 Å². The Morgan fingerprint density at radius 1 is 1.06 bits per heavy atom. The minimum Gasteiger partial charge on any atom is -0.310 e. The smallest absolute Gasteiger partial charge is 0.0208 e. The molecule has 0 radical (unpaired) electrons. The van der Waals surface area contributed by atoms with Gasteiger partial charge in [-0.3, -0.25) is 0 Å². The van der Waals surface area contributed by atoms with Crippen LogP contribution in [0, 0.1) is 16.7 Å². The van der Waals surface area contributed by atoms with Gasteiger partial charge in [0.15, 0.2) is 0 Å². The van der Waals surface area contributed by atoms with Gasteiger partial charge in [-0.1, -0.05) is 58.0 Å². The maximum absolute atomic E-state index is 3.67. The third-order valence-electron chi connectivity index (χ3n) is 5.10. The largest absolute Gasteiger partial charge is 0.310 e. The third kappa shape index (κ3) is 2.13. The Morgan fingerprint density at radius 2 is 1.59 bits per heavy atom. The fourth-order valence-electron chi connectivity index (χ4n) is 3.49. The van der Waals surface area contributed by atoms with Crippen LogP contribution in [0.3, 0.4) is 0 Å². The molecular weight excluding hydrogens is 206 g/mol. The second-order valence-electron chi connectivity index (χ2n) is 6.58. The Balaban J connectivity index is 1.90. The molecule has 0 aromatic heterocycles. The highest BCUT2D eigenvalue weighted by Crippen LogP contribution is 2.69. The van der Waals surface area contributed by atoms with E-state index in [1.54, 1.807) is 0 Å². The van der Waals surface area contributed by atoms with Crippen molar-refractivity contribution in [3.8, 4) is 0 Å². The zero-order chi connectivity index (χ0) is 12.7. The van der Waals surface area contributed by atoms with Crippen LogP contribution in [-0.2, 0) is 6.54 Å². The van der Waals surface area contributed by atoms with Crippen molar-refractivity contribution in [2.24, 2.45) is 16.7 Å². The number of nitrogens with one attached hydrogen (secondary N) is 1. The molecule has 0 heterocycles. The van der Waals surface area contributed by atoms with Crippen LogP contribution in [0.1, 0.15) is 40.2 Å². The highest BCUT2D eigenvalue weighted by molar-refractivity contribution is 5.17. The number of hydrogen-bond acceptors (Lipinski definition) is 1. The Bertz CT molecular complexity index is 364. The Hall–Kier alpha value is -0.820. The Labute approximate surface area is 106 Å². The van der Waals surface area contributed by atoms with Crippen molar-refractivity contribution < 1.29 is 0 Å². The topological polar surface area (TPSA) is 12.0 Å². The van der Waals surface area contributed by atoms with Crippen molar-refractivity contribution in [2.45, 2.75) is 47.2 Å². The average Bonchev–Trinajstić information content (AvgIpc) is 2.68. The van der Waals surface area contributed by atoms with Gasteiger partial charge in [-0.2, -0.15) is 0 Å². The molecule has 0 spiro atoms. The van der Waals surface area contributed by atoms with Gasteiger partial charge in [0.2, 0.25) is 0 Å². The van der Waals surface area contributed by atoms with E-state index < -0.39 is 0 Å². The predicted molar refractivity (Wildman–Crippen MR) is 73.8 cm³/mol. The van der Waals surface area contributed by atoms with Crippen molar-refractivity contribution in [1.29, 1.82) is 0 Å². The number of rotatable bonds is 4. The summed E-state index contributed by atoms with van der Waals surface area (Å²) in [5, 5.41) is 3.67. The lowest BCUT2D eigenvalue weighted by Gasteiger charge is -2.16. The summed E-state index contributed by atoms with van der Waals surface area (Å²) in [6, 6.07) is 11.2. The molecule has 0 bridgehead atoms. The lowest BCUT2D eigenvalue weighted by atomic mass is 10.0. The predicted octanol–water partition coefficient (Wildman–Crippen LogP) is 3.85. The average molecular weight is 231 g/mol. The molecule has 1 nitrogen and oxygen atoms in total. The number of hydrogen-bond donors (Lipinski definition) is 1. The van der Waals surface area contributed by atoms with Crippen molar-refractivity contribution in [1.82, 2.24) is 5.32 Å². The normalized spacial score (nSPS) is 23.4. The van der Waals surface area contributed by atoms with Gasteiger partial charge >= 0.3 is 0 Å². The van der Waals surface area contributed by atoms with E-state index >= 15 is 0 Å². The number of benzene rings is 1. The highest BCUT2D eigenvalue weighted by Gasteiger charge is 2.66. The molecule has 0 aliphatic heterocycles. The first-order valence-corrected chi connectivity index (χ1v) is 6.64. The van der Waals surface area contributed by atoms with Crippen LogP contribution in [0.25, 0.3) is 0 Å². The van der Waals surface area contributed by atoms with Gasteiger partial charge in [-0.05, 0) is 29.2 Å². The van der Waals surface area contributed by atoms with E-state index in [9.17, 15) is 0 Å². The van der Waals surface area contributed by atoms with E-state index in [1.807, 2.05) is 0 Å².